The fourth-order valence-corrected chi connectivity index (χ4v) is 3.14. The molecule has 1 amide bonds. The van der Waals surface area contributed by atoms with Gasteiger partial charge in [-0.05, 0) is 41.8 Å². The summed E-state index contributed by atoms with van der Waals surface area (Å²) in [5.41, 5.74) is 8.75. The molecule has 142 valence electrons. The number of para-hydroxylation sites is 1. The molecule has 8 heteroatoms. The molecule has 0 aliphatic carbocycles. The van der Waals surface area contributed by atoms with Gasteiger partial charge < -0.3 is 16.0 Å². The Hall–Kier alpha value is -4.38. The number of benzene rings is 2. The highest BCUT2D eigenvalue weighted by Crippen LogP contribution is 2.19. The molecule has 2 aromatic carbocycles. The Morgan fingerprint density at radius 3 is 2.69 bits per heavy atom. The Bertz CT molecular complexity index is 1310. The monoisotopic (exact) mass is 384 g/mol. The number of aromatic amines is 2. The van der Waals surface area contributed by atoms with Crippen molar-refractivity contribution < 1.29 is 4.79 Å². The zero-order chi connectivity index (χ0) is 20.4. The van der Waals surface area contributed by atoms with Crippen LogP contribution in [0.5, 0.6) is 0 Å². The van der Waals surface area contributed by atoms with Gasteiger partial charge in [-0.3, -0.25) is 14.6 Å². The molecule has 0 aliphatic rings. The number of fused-ring (bicyclic) bond motifs is 1. The maximum absolute atomic E-state index is 12.5. The second-order valence-corrected chi connectivity index (χ2v) is 6.47. The minimum absolute atomic E-state index is 0.0595. The van der Waals surface area contributed by atoms with Gasteiger partial charge in [-0.25, -0.2) is 0 Å². The highest BCUT2D eigenvalue weighted by Gasteiger charge is 2.12. The smallest absolute Gasteiger partial charge is 0.262 e. The predicted molar refractivity (Wildman–Crippen MR) is 109 cm³/mol. The van der Waals surface area contributed by atoms with Crippen LogP contribution in [0.15, 0.2) is 59.5 Å². The maximum Gasteiger partial charge on any atom is 0.262 e. The van der Waals surface area contributed by atoms with E-state index in [1.165, 1.54) is 0 Å². The Morgan fingerprint density at radius 1 is 1.17 bits per heavy atom. The number of nitriles is 1. The second kappa shape index (κ2) is 7.32. The topological polar surface area (TPSA) is 140 Å². The number of hydrogen-bond donors (Lipinski definition) is 4. The zero-order valence-corrected chi connectivity index (χ0v) is 15.2. The lowest BCUT2D eigenvalue weighted by Gasteiger charge is -2.07. The van der Waals surface area contributed by atoms with Gasteiger partial charge in [-0.2, -0.15) is 10.2 Å². The Morgan fingerprint density at radius 2 is 1.93 bits per heavy atom. The highest BCUT2D eigenvalue weighted by molar-refractivity contribution is 6.04. The molecule has 0 aliphatic heterocycles. The number of rotatable bonds is 4. The van der Waals surface area contributed by atoms with Crippen LogP contribution in [0.3, 0.4) is 0 Å². The third kappa shape index (κ3) is 3.57. The number of carbonyl (C=O) groups excluding carboxylic acids is 1. The molecular formula is C21H16N6O2. The third-order valence-corrected chi connectivity index (χ3v) is 4.55. The van der Waals surface area contributed by atoms with Gasteiger partial charge in [0, 0.05) is 11.8 Å². The summed E-state index contributed by atoms with van der Waals surface area (Å²) >= 11 is 0. The third-order valence-electron chi connectivity index (χ3n) is 4.55. The summed E-state index contributed by atoms with van der Waals surface area (Å²) in [7, 11) is 0. The number of nitrogens with one attached hydrogen (secondary N) is 3. The summed E-state index contributed by atoms with van der Waals surface area (Å²) in [4.78, 5) is 34.2. The van der Waals surface area contributed by atoms with E-state index in [4.69, 9.17) is 11.0 Å². The SMILES string of the molecule is N#Cc1ccccc1NC(=O)c1ccc(Cc2c[nH]c3nc(N)[nH]c(=O)c23)cc1. The number of aromatic nitrogens is 3. The molecule has 4 rings (SSSR count). The van der Waals surface area contributed by atoms with E-state index in [9.17, 15) is 9.59 Å². The van der Waals surface area contributed by atoms with Crippen molar-refractivity contribution in [2.45, 2.75) is 6.42 Å². The molecule has 0 saturated carbocycles. The average molecular weight is 384 g/mol. The quantitative estimate of drug-likeness (QED) is 0.428. The summed E-state index contributed by atoms with van der Waals surface area (Å²) in [5, 5.41) is 12.3. The van der Waals surface area contributed by atoms with E-state index in [1.807, 2.05) is 12.1 Å². The summed E-state index contributed by atoms with van der Waals surface area (Å²) in [6, 6.07) is 15.9. The molecule has 0 fully saturated rings. The van der Waals surface area contributed by atoms with Gasteiger partial charge in [0.05, 0.1) is 16.6 Å². The van der Waals surface area contributed by atoms with E-state index in [2.05, 4.69) is 26.3 Å². The molecule has 8 nitrogen and oxygen atoms in total. The lowest BCUT2D eigenvalue weighted by Crippen LogP contribution is -2.13. The summed E-state index contributed by atoms with van der Waals surface area (Å²) in [5.74, 6) is -0.244. The summed E-state index contributed by atoms with van der Waals surface area (Å²) < 4.78 is 0. The van der Waals surface area contributed by atoms with Gasteiger partial charge in [0.1, 0.15) is 11.7 Å². The second-order valence-electron chi connectivity index (χ2n) is 6.47. The largest absolute Gasteiger partial charge is 0.369 e. The van der Waals surface area contributed by atoms with Gasteiger partial charge in [-0.15, -0.1) is 0 Å². The van der Waals surface area contributed by atoms with E-state index in [1.54, 1.807) is 42.6 Å². The number of anilines is 2. The molecular weight excluding hydrogens is 368 g/mol. The lowest BCUT2D eigenvalue weighted by molar-refractivity contribution is 0.102. The Kier molecular flexibility index (Phi) is 4.55. The van der Waals surface area contributed by atoms with E-state index >= 15 is 0 Å². The number of nitrogens with two attached hydrogens (primary N) is 1. The molecule has 0 radical (unpaired) electrons. The van der Waals surface area contributed by atoms with Crippen LogP contribution in [0.2, 0.25) is 0 Å². The van der Waals surface area contributed by atoms with Crippen molar-refractivity contribution in [3.05, 3.63) is 87.3 Å². The molecule has 29 heavy (non-hydrogen) atoms. The number of carbonyl (C=O) groups is 1. The van der Waals surface area contributed by atoms with Crippen molar-refractivity contribution >= 4 is 28.6 Å². The molecule has 0 spiro atoms. The summed E-state index contributed by atoms with van der Waals surface area (Å²) in [6.45, 7) is 0. The number of hydrogen-bond acceptors (Lipinski definition) is 5. The molecule has 2 aromatic heterocycles. The van der Waals surface area contributed by atoms with Gasteiger partial charge >= 0.3 is 0 Å². The first kappa shape index (κ1) is 18.0. The van der Waals surface area contributed by atoms with Crippen molar-refractivity contribution in [1.29, 1.82) is 5.26 Å². The number of amides is 1. The molecule has 0 atom stereocenters. The van der Waals surface area contributed by atoms with Crippen molar-refractivity contribution in [2.24, 2.45) is 0 Å². The van der Waals surface area contributed by atoms with Gasteiger partial charge in [0.2, 0.25) is 5.95 Å². The zero-order valence-electron chi connectivity index (χ0n) is 15.2. The Balaban J connectivity index is 1.53. The predicted octanol–water partition coefficient (Wildman–Crippen LogP) is 2.55. The molecule has 0 saturated heterocycles. The standard InChI is InChI=1S/C21H16N6O2/c22-10-14-3-1-2-4-16(14)25-19(28)13-7-5-12(6-8-13)9-15-11-24-18-17(15)20(29)27-21(23)26-18/h1-8,11H,9H2,(H,25,28)(H4,23,24,26,27,29). The minimum atomic E-state index is -0.303. The van der Waals surface area contributed by atoms with Crippen LogP contribution in [0.25, 0.3) is 11.0 Å². The van der Waals surface area contributed by atoms with E-state index in [0.29, 0.717) is 34.3 Å². The van der Waals surface area contributed by atoms with E-state index < -0.39 is 0 Å². The normalized spacial score (nSPS) is 10.6. The minimum Gasteiger partial charge on any atom is -0.369 e. The first-order chi connectivity index (χ1) is 14.0. The number of nitrogen functional groups attached to an aromatic ring is 1. The van der Waals surface area contributed by atoms with Crippen LogP contribution in [0.1, 0.15) is 27.0 Å². The van der Waals surface area contributed by atoms with E-state index in [0.717, 1.165) is 11.1 Å². The number of nitrogens with zero attached hydrogens (tertiary/aromatic N) is 2. The van der Waals surface area contributed by atoms with Crippen LogP contribution in [0.4, 0.5) is 11.6 Å². The van der Waals surface area contributed by atoms with Crippen LogP contribution in [0, 0.1) is 11.3 Å². The average Bonchev–Trinajstić information content (AvgIpc) is 3.11. The van der Waals surface area contributed by atoms with Crippen molar-refractivity contribution in [1.82, 2.24) is 15.0 Å². The number of H-pyrrole nitrogens is 2. The van der Waals surface area contributed by atoms with Crippen LogP contribution in [-0.4, -0.2) is 20.9 Å². The van der Waals surface area contributed by atoms with E-state index in [-0.39, 0.29) is 17.4 Å². The fraction of sp³-hybridized carbons (Fsp3) is 0.0476. The maximum atomic E-state index is 12.5. The molecule has 2 heterocycles. The van der Waals surface area contributed by atoms with Gasteiger partial charge in [0.25, 0.3) is 11.5 Å². The van der Waals surface area contributed by atoms with Crippen LogP contribution in [-0.2, 0) is 6.42 Å². The molecule has 0 unspecified atom stereocenters. The van der Waals surface area contributed by atoms with Crippen molar-refractivity contribution in [2.75, 3.05) is 11.1 Å². The van der Waals surface area contributed by atoms with Gasteiger partial charge in [-0.1, -0.05) is 24.3 Å². The highest BCUT2D eigenvalue weighted by atomic mass is 16.1. The fourth-order valence-electron chi connectivity index (χ4n) is 3.14. The first-order valence-corrected chi connectivity index (χ1v) is 8.80. The Labute approximate surface area is 165 Å². The lowest BCUT2D eigenvalue weighted by atomic mass is 10.0. The molecule has 0 bridgehead atoms. The van der Waals surface area contributed by atoms with Crippen LogP contribution < -0.4 is 16.6 Å². The first-order valence-electron chi connectivity index (χ1n) is 8.80. The van der Waals surface area contributed by atoms with Crippen molar-refractivity contribution in [3.8, 4) is 6.07 Å². The summed E-state index contributed by atoms with van der Waals surface area (Å²) in [6.07, 6.45) is 2.22. The van der Waals surface area contributed by atoms with Crippen molar-refractivity contribution in [3.63, 3.8) is 0 Å². The molecule has 5 N–H and O–H groups in total. The van der Waals surface area contributed by atoms with Gasteiger partial charge in [0.15, 0.2) is 0 Å². The molecule has 4 aromatic rings. The van der Waals surface area contributed by atoms with Crippen LogP contribution >= 0.6 is 0 Å².